The fourth-order valence-electron chi connectivity index (χ4n) is 2.77. The van der Waals surface area contributed by atoms with E-state index in [1.54, 1.807) is 18.4 Å². The topological polar surface area (TPSA) is 38.8 Å². The standard InChI is InChI=1S/C15H18NO3/c1-15(2)9-10-7-11(16-6-4-5-14(16)17)13(18-3)8-12(10)19-15/h5,7-8H,4,6,9H2,1-3H3. The first kappa shape index (κ1) is 12.3. The summed E-state index contributed by atoms with van der Waals surface area (Å²) in [6.07, 6.45) is 3.36. The number of hydrogen-bond donors (Lipinski definition) is 0. The molecule has 0 atom stereocenters. The van der Waals surface area contributed by atoms with E-state index in [0.717, 1.165) is 36.4 Å². The highest BCUT2D eigenvalue weighted by Crippen LogP contribution is 2.43. The molecule has 2 aliphatic heterocycles. The van der Waals surface area contributed by atoms with Crippen LogP contribution in [-0.2, 0) is 11.2 Å². The predicted molar refractivity (Wildman–Crippen MR) is 72.7 cm³/mol. The Balaban J connectivity index is 2.04. The molecule has 0 saturated carbocycles. The van der Waals surface area contributed by atoms with Crippen molar-refractivity contribution in [2.75, 3.05) is 18.6 Å². The lowest BCUT2D eigenvalue weighted by atomic mass is 10.0. The van der Waals surface area contributed by atoms with E-state index in [2.05, 4.69) is 13.8 Å². The summed E-state index contributed by atoms with van der Waals surface area (Å²) >= 11 is 0. The van der Waals surface area contributed by atoms with Crippen molar-refractivity contribution < 1.29 is 14.3 Å². The molecule has 0 aliphatic carbocycles. The maximum absolute atomic E-state index is 11.9. The third-order valence-corrected chi connectivity index (χ3v) is 3.59. The molecule has 4 nitrogen and oxygen atoms in total. The summed E-state index contributed by atoms with van der Waals surface area (Å²) in [7, 11) is 1.62. The van der Waals surface area contributed by atoms with Crippen LogP contribution in [0, 0.1) is 6.42 Å². The maximum atomic E-state index is 11.9. The molecule has 0 spiro atoms. The van der Waals surface area contributed by atoms with Crippen LogP contribution < -0.4 is 14.4 Å². The van der Waals surface area contributed by atoms with Crippen LogP contribution in [0.1, 0.15) is 25.8 Å². The van der Waals surface area contributed by atoms with E-state index < -0.39 is 0 Å². The van der Waals surface area contributed by atoms with Crippen LogP contribution in [0.2, 0.25) is 0 Å². The summed E-state index contributed by atoms with van der Waals surface area (Å²) in [6, 6.07) is 3.92. The van der Waals surface area contributed by atoms with Crippen LogP contribution in [0.15, 0.2) is 12.1 Å². The van der Waals surface area contributed by atoms with Crippen molar-refractivity contribution in [1.82, 2.24) is 0 Å². The zero-order valence-electron chi connectivity index (χ0n) is 11.5. The zero-order valence-corrected chi connectivity index (χ0v) is 11.5. The monoisotopic (exact) mass is 260 g/mol. The molecule has 0 unspecified atom stereocenters. The molecule has 0 bridgehead atoms. The minimum absolute atomic E-state index is 0.0522. The van der Waals surface area contributed by atoms with E-state index in [-0.39, 0.29) is 11.5 Å². The number of ether oxygens (including phenoxy) is 2. The zero-order chi connectivity index (χ0) is 13.6. The van der Waals surface area contributed by atoms with Gasteiger partial charge in [0.25, 0.3) is 0 Å². The molecule has 2 heterocycles. The van der Waals surface area contributed by atoms with Gasteiger partial charge in [-0.05, 0) is 26.3 Å². The van der Waals surface area contributed by atoms with E-state index in [1.807, 2.05) is 12.1 Å². The minimum atomic E-state index is -0.187. The predicted octanol–water partition coefficient (Wildman–Crippen LogP) is 2.35. The van der Waals surface area contributed by atoms with Crippen molar-refractivity contribution in [3.8, 4) is 11.5 Å². The average Bonchev–Trinajstić information content (AvgIpc) is 2.88. The third-order valence-electron chi connectivity index (χ3n) is 3.59. The van der Waals surface area contributed by atoms with Gasteiger partial charge in [-0.1, -0.05) is 0 Å². The average molecular weight is 260 g/mol. The van der Waals surface area contributed by atoms with Gasteiger partial charge in [0.15, 0.2) is 0 Å². The second-order valence-electron chi connectivity index (χ2n) is 5.65. The van der Waals surface area contributed by atoms with Crippen molar-refractivity contribution in [2.45, 2.75) is 32.3 Å². The smallest absolute Gasteiger partial charge is 0.231 e. The maximum Gasteiger partial charge on any atom is 0.231 e. The first-order valence-electron chi connectivity index (χ1n) is 6.55. The number of methoxy groups -OCH3 is 1. The Hall–Kier alpha value is -1.71. The number of carbonyl (C=O) groups excluding carboxylic acids is 1. The highest BCUT2D eigenvalue weighted by atomic mass is 16.5. The first-order chi connectivity index (χ1) is 9.00. The fraction of sp³-hybridized carbons (Fsp3) is 0.467. The van der Waals surface area contributed by atoms with Crippen LogP contribution in [0.25, 0.3) is 0 Å². The molecular formula is C15H18NO3. The summed E-state index contributed by atoms with van der Waals surface area (Å²) in [5.74, 6) is 1.61. The largest absolute Gasteiger partial charge is 0.494 e. The van der Waals surface area contributed by atoms with E-state index >= 15 is 0 Å². The number of hydrogen-bond acceptors (Lipinski definition) is 3. The van der Waals surface area contributed by atoms with E-state index in [9.17, 15) is 4.79 Å². The highest BCUT2D eigenvalue weighted by molar-refractivity contribution is 6.02. The van der Waals surface area contributed by atoms with Crippen molar-refractivity contribution >= 4 is 11.6 Å². The third kappa shape index (κ3) is 2.05. The Kier molecular flexibility index (Phi) is 2.69. The number of anilines is 1. The summed E-state index contributed by atoms with van der Waals surface area (Å²) in [5.41, 5.74) is 1.80. The molecule has 19 heavy (non-hydrogen) atoms. The molecule has 101 valence electrons. The molecule has 0 N–H and O–H groups in total. The number of rotatable bonds is 2. The SMILES string of the molecule is COc1cc2c(cc1N1CC[CH]C1=O)CC(C)(C)O2. The lowest BCUT2D eigenvalue weighted by Crippen LogP contribution is -2.25. The Labute approximate surface area is 113 Å². The van der Waals surface area contributed by atoms with Crippen molar-refractivity contribution in [2.24, 2.45) is 0 Å². The number of nitrogens with zero attached hydrogens (tertiary/aromatic N) is 1. The van der Waals surface area contributed by atoms with Crippen LogP contribution in [0.5, 0.6) is 11.5 Å². The molecule has 2 aliphatic rings. The molecule has 1 saturated heterocycles. The molecule has 1 fully saturated rings. The van der Waals surface area contributed by atoms with E-state index in [0.29, 0.717) is 5.75 Å². The number of amides is 1. The summed E-state index contributed by atoms with van der Waals surface area (Å²) in [4.78, 5) is 13.6. The van der Waals surface area contributed by atoms with E-state index in [1.165, 1.54) is 0 Å². The van der Waals surface area contributed by atoms with Gasteiger partial charge in [0.2, 0.25) is 5.91 Å². The molecule has 4 heteroatoms. The Morgan fingerprint density at radius 2 is 2.16 bits per heavy atom. The highest BCUT2D eigenvalue weighted by Gasteiger charge is 2.33. The lowest BCUT2D eigenvalue weighted by molar-refractivity contribution is -0.114. The Morgan fingerprint density at radius 3 is 2.79 bits per heavy atom. The van der Waals surface area contributed by atoms with Gasteiger partial charge in [0, 0.05) is 24.6 Å². The molecular weight excluding hydrogens is 242 g/mol. The number of carbonyl (C=O) groups is 1. The summed E-state index contributed by atoms with van der Waals surface area (Å²) in [5, 5.41) is 0. The second-order valence-corrected chi connectivity index (χ2v) is 5.65. The summed E-state index contributed by atoms with van der Waals surface area (Å²) < 4.78 is 11.3. The van der Waals surface area contributed by atoms with Gasteiger partial charge in [-0.15, -0.1) is 0 Å². The minimum Gasteiger partial charge on any atom is -0.494 e. The first-order valence-corrected chi connectivity index (χ1v) is 6.55. The van der Waals surface area contributed by atoms with Gasteiger partial charge >= 0.3 is 0 Å². The van der Waals surface area contributed by atoms with Crippen LogP contribution in [0.3, 0.4) is 0 Å². The van der Waals surface area contributed by atoms with E-state index in [4.69, 9.17) is 9.47 Å². The van der Waals surface area contributed by atoms with Gasteiger partial charge in [-0.3, -0.25) is 4.79 Å². The van der Waals surface area contributed by atoms with Crippen LogP contribution >= 0.6 is 0 Å². The van der Waals surface area contributed by atoms with Crippen molar-refractivity contribution in [3.05, 3.63) is 24.1 Å². The van der Waals surface area contributed by atoms with Gasteiger partial charge in [0.1, 0.15) is 17.1 Å². The Morgan fingerprint density at radius 1 is 1.37 bits per heavy atom. The molecule has 1 radical (unpaired) electrons. The molecule has 0 aromatic heterocycles. The quantitative estimate of drug-likeness (QED) is 0.819. The van der Waals surface area contributed by atoms with Gasteiger partial charge in [-0.25, -0.2) is 0 Å². The van der Waals surface area contributed by atoms with Gasteiger partial charge in [-0.2, -0.15) is 0 Å². The molecule has 1 amide bonds. The molecule has 1 aromatic rings. The van der Waals surface area contributed by atoms with Crippen LogP contribution in [-0.4, -0.2) is 25.2 Å². The van der Waals surface area contributed by atoms with Gasteiger partial charge < -0.3 is 14.4 Å². The van der Waals surface area contributed by atoms with Crippen molar-refractivity contribution in [1.29, 1.82) is 0 Å². The van der Waals surface area contributed by atoms with Gasteiger partial charge in [0.05, 0.1) is 19.2 Å². The molecule has 3 rings (SSSR count). The lowest BCUT2D eigenvalue weighted by Gasteiger charge is -2.20. The normalized spacial score (nSPS) is 20.4. The Bertz CT molecular complexity index is 536. The summed E-state index contributed by atoms with van der Waals surface area (Å²) in [6.45, 7) is 4.85. The molecule has 1 aromatic carbocycles. The number of fused-ring (bicyclic) bond motifs is 1. The van der Waals surface area contributed by atoms with Crippen molar-refractivity contribution in [3.63, 3.8) is 0 Å². The second kappa shape index (κ2) is 4.15. The number of benzene rings is 1. The fourth-order valence-corrected chi connectivity index (χ4v) is 2.77. The van der Waals surface area contributed by atoms with Crippen LogP contribution in [0.4, 0.5) is 5.69 Å².